The molecule has 1 N–H and O–H groups in total. The van der Waals surface area contributed by atoms with Crippen LogP contribution in [0.1, 0.15) is 17.5 Å². The van der Waals surface area contributed by atoms with Crippen molar-refractivity contribution in [2.45, 2.75) is 20.3 Å². The van der Waals surface area contributed by atoms with Crippen molar-refractivity contribution in [3.05, 3.63) is 27.7 Å². The Morgan fingerprint density at radius 1 is 1.31 bits per heavy atom. The van der Waals surface area contributed by atoms with Crippen molar-refractivity contribution in [2.24, 2.45) is 5.92 Å². The first-order chi connectivity index (χ1) is 7.66. The molecule has 0 unspecified atom stereocenters. The maximum absolute atomic E-state index is 5.78. The average Bonchev–Trinajstić information content (AvgIpc) is 2.18. The summed E-state index contributed by atoms with van der Waals surface area (Å²) in [6.07, 6.45) is 1.15. The number of hydrogen-bond donors (Lipinski definition) is 1. The van der Waals surface area contributed by atoms with Gasteiger partial charge in [-0.2, -0.15) is 0 Å². The molecule has 1 heterocycles. The van der Waals surface area contributed by atoms with E-state index in [4.69, 9.17) is 4.74 Å². The van der Waals surface area contributed by atoms with E-state index in [-0.39, 0.29) is 0 Å². The van der Waals surface area contributed by atoms with Crippen molar-refractivity contribution >= 4 is 15.9 Å². The maximum atomic E-state index is 5.78. The fourth-order valence-corrected chi connectivity index (χ4v) is 2.11. The second kappa shape index (κ2) is 5.19. The molecule has 1 saturated heterocycles. The number of halogens is 1. The Morgan fingerprint density at radius 3 is 2.44 bits per heavy atom. The molecule has 0 saturated carbocycles. The van der Waals surface area contributed by atoms with Crippen LogP contribution in [0.5, 0.6) is 5.75 Å². The van der Waals surface area contributed by atoms with Crippen LogP contribution in [0.15, 0.2) is 16.6 Å². The van der Waals surface area contributed by atoms with E-state index in [9.17, 15) is 0 Å². The highest BCUT2D eigenvalue weighted by Crippen LogP contribution is 2.26. The number of aryl methyl sites for hydroxylation is 2. The molecule has 1 aliphatic rings. The lowest BCUT2D eigenvalue weighted by Gasteiger charge is -2.26. The predicted molar refractivity (Wildman–Crippen MR) is 70.1 cm³/mol. The molecule has 16 heavy (non-hydrogen) atoms. The van der Waals surface area contributed by atoms with Gasteiger partial charge >= 0.3 is 0 Å². The smallest absolute Gasteiger partial charge is 0.119 e. The normalized spacial score (nSPS) is 15.9. The van der Waals surface area contributed by atoms with Crippen LogP contribution in [0, 0.1) is 19.8 Å². The van der Waals surface area contributed by atoms with E-state index in [0.29, 0.717) is 0 Å². The molecule has 1 fully saturated rings. The number of nitrogens with one attached hydrogen (secondary N) is 1. The van der Waals surface area contributed by atoms with Crippen LogP contribution >= 0.6 is 15.9 Å². The summed E-state index contributed by atoms with van der Waals surface area (Å²) in [6, 6.07) is 4.19. The molecular formula is C13H18BrNO. The molecule has 3 heteroatoms. The third-order valence-corrected chi connectivity index (χ3v) is 4.32. The van der Waals surface area contributed by atoms with Crippen LogP contribution in [0.4, 0.5) is 0 Å². The van der Waals surface area contributed by atoms with Gasteiger partial charge in [0.25, 0.3) is 0 Å². The van der Waals surface area contributed by atoms with Gasteiger partial charge in [-0.05, 0) is 62.5 Å². The standard InChI is InChI=1S/C13H18BrNO/c1-9-5-12(6-10(2)13(9)14)16-4-3-11-7-15-8-11/h5-6,11,15H,3-4,7-8H2,1-2H3. The summed E-state index contributed by atoms with van der Waals surface area (Å²) in [5, 5.41) is 3.27. The Hall–Kier alpha value is -0.540. The predicted octanol–water partition coefficient (Wildman–Crippen LogP) is 3.05. The molecule has 0 spiro atoms. The van der Waals surface area contributed by atoms with Gasteiger partial charge in [-0.3, -0.25) is 0 Å². The summed E-state index contributed by atoms with van der Waals surface area (Å²) >= 11 is 3.56. The van der Waals surface area contributed by atoms with Gasteiger partial charge in [0, 0.05) is 4.47 Å². The third kappa shape index (κ3) is 2.77. The third-order valence-electron chi connectivity index (χ3n) is 3.07. The first kappa shape index (κ1) is 11.9. The van der Waals surface area contributed by atoms with E-state index in [1.807, 2.05) is 0 Å². The van der Waals surface area contributed by atoms with E-state index in [0.717, 1.165) is 37.8 Å². The molecule has 0 amide bonds. The Kier molecular flexibility index (Phi) is 3.87. The largest absolute Gasteiger partial charge is 0.494 e. The van der Waals surface area contributed by atoms with Crippen molar-refractivity contribution in [1.29, 1.82) is 0 Å². The monoisotopic (exact) mass is 283 g/mol. The first-order valence-electron chi connectivity index (χ1n) is 5.77. The first-order valence-corrected chi connectivity index (χ1v) is 6.56. The van der Waals surface area contributed by atoms with Gasteiger partial charge in [0.15, 0.2) is 0 Å². The molecule has 0 aliphatic carbocycles. The number of rotatable bonds is 4. The Morgan fingerprint density at radius 2 is 1.94 bits per heavy atom. The van der Waals surface area contributed by atoms with Crippen LogP contribution < -0.4 is 10.1 Å². The summed E-state index contributed by atoms with van der Waals surface area (Å²) < 4.78 is 6.96. The van der Waals surface area contributed by atoms with E-state index in [1.165, 1.54) is 15.6 Å². The molecule has 1 aliphatic heterocycles. The van der Waals surface area contributed by atoms with Gasteiger partial charge in [0.05, 0.1) is 6.61 Å². The highest BCUT2D eigenvalue weighted by molar-refractivity contribution is 9.10. The number of hydrogen-bond acceptors (Lipinski definition) is 2. The zero-order valence-corrected chi connectivity index (χ0v) is 11.4. The highest BCUT2D eigenvalue weighted by Gasteiger charge is 2.16. The Labute approximate surface area is 106 Å². The molecule has 0 atom stereocenters. The van der Waals surface area contributed by atoms with Crippen molar-refractivity contribution in [2.75, 3.05) is 19.7 Å². The van der Waals surface area contributed by atoms with Gasteiger partial charge < -0.3 is 10.1 Å². The van der Waals surface area contributed by atoms with Crippen molar-refractivity contribution in [1.82, 2.24) is 5.32 Å². The molecular weight excluding hydrogens is 266 g/mol. The van der Waals surface area contributed by atoms with E-state index in [1.54, 1.807) is 0 Å². The van der Waals surface area contributed by atoms with Crippen molar-refractivity contribution < 1.29 is 4.74 Å². The molecule has 88 valence electrons. The van der Waals surface area contributed by atoms with Crippen LogP contribution in [0.2, 0.25) is 0 Å². The second-order valence-electron chi connectivity index (χ2n) is 4.53. The lowest BCUT2D eigenvalue weighted by Crippen LogP contribution is -2.42. The van der Waals surface area contributed by atoms with Gasteiger partial charge in [-0.25, -0.2) is 0 Å². The minimum atomic E-state index is 0.817. The Bertz CT molecular complexity index is 351. The van der Waals surface area contributed by atoms with Crippen LogP contribution in [-0.2, 0) is 0 Å². The summed E-state index contributed by atoms with van der Waals surface area (Å²) in [6.45, 7) is 7.33. The quantitative estimate of drug-likeness (QED) is 0.917. The van der Waals surface area contributed by atoms with Crippen LogP contribution in [0.3, 0.4) is 0 Å². The van der Waals surface area contributed by atoms with Crippen molar-refractivity contribution in [3.8, 4) is 5.75 Å². The Balaban J connectivity index is 1.88. The number of ether oxygens (including phenoxy) is 1. The second-order valence-corrected chi connectivity index (χ2v) is 5.33. The lowest BCUT2D eigenvalue weighted by atomic mass is 10.0. The maximum Gasteiger partial charge on any atom is 0.119 e. The highest BCUT2D eigenvalue weighted by atomic mass is 79.9. The fourth-order valence-electron chi connectivity index (χ4n) is 1.89. The topological polar surface area (TPSA) is 21.3 Å². The molecule has 2 rings (SSSR count). The molecule has 2 nitrogen and oxygen atoms in total. The van der Waals surface area contributed by atoms with Gasteiger partial charge in [-0.1, -0.05) is 15.9 Å². The summed E-state index contributed by atoms with van der Waals surface area (Å²) in [7, 11) is 0. The van der Waals surface area contributed by atoms with Gasteiger partial charge in [-0.15, -0.1) is 0 Å². The molecule has 0 radical (unpaired) electrons. The molecule has 0 bridgehead atoms. The van der Waals surface area contributed by atoms with Crippen molar-refractivity contribution in [3.63, 3.8) is 0 Å². The average molecular weight is 284 g/mol. The molecule has 1 aromatic rings. The van der Waals surface area contributed by atoms with E-state index >= 15 is 0 Å². The number of benzene rings is 1. The SMILES string of the molecule is Cc1cc(OCCC2CNC2)cc(C)c1Br. The van der Waals surface area contributed by atoms with E-state index in [2.05, 4.69) is 47.2 Å². The molecule has 1 aromatic carbocycles. The van der Waals surface area contributed by atoms with Gasteiger partial charge in [0.2, 0.25) is 0 Å². The summed E-state index contributed by atoms with van der Waals surface area (Å²) in [5.74, 6) is 1.81. The van der Waals surface area contributed by atoms with Crippen LogP contribution in [-0.4, -0.2) is 19.7 Å². The lowest BCUT2D eigenvalue weighted by molar-refractivity contribution is 0.238. The zero-order valence-electron chi connectivity index (χ0n) is 9.85. The van der Waals surface area contributed by atoms with E-state index < -0.39 is 0 Å². The summed E-state index contributed by atoms with van der Waals surface area (Å²) in [5.41, 5.74) is 2.47. The minimum absolute atomic E-state index is 0.817. The van der Waals surface area contributed by atoms with Crippen LogP contribution in [0.25, 0.3) is 0 Å². The van der Waals surface area contributed by atoms with Gasteiger partial charge in [0.1, 0.15) is 5.75 Å². The fraction of sp³-hybridized carbons (Fsp3) is 0.538. The zero-order chi connectivity index (χ0) is 11.5. The minimum Gasteiger partial charge on any atom is -0.494 e. The molecule has 0 aromatic heterocycles. The summed E-state index contributed by atoms with van der Waals surface area (Å²) in [4.78, 5) is 0.